The van der Waals surface area contributed by atoms with E-state index >= 15 is 0 Å². The average molecular weight is 337 g/mol. The van der Waals surface area contributed by atoms with E-state index in [0.29, 0.717) is 17.5 Å². The molecule has 2 aromatic carbocycles. The molecule has 0 saturated carbocycles. The molecule has 1 aromatic heterocycles. The molecule has 0 unspecified atom stereocenters. The molecular weight excluding hydrogens is 318 g/mol. The van der Waals surface area contributed by atoms with Crippen LogP contribution in [0.25, 0.3) is 11.5 Å². The van der Waals surface area contributed by atoms with Gasteiger partial charge in [-0.1, -0.05) is 30.3 Å². The third-order valence-electron chi connectivity index (χ3n) is 3.62. The maximum atomic E-state index is 12.0. The van der Waals surface area contributed by atoms with E-state index in [1.165, 1.54) is 5.56 Å². The van der Waals surface area contributed by atoms with Crippen LogP contribution < -0.4 is 10.1 Å². The molecule has 0 atom stereocenters. The van der Waals surface area contributed by atoms with Crippen molar-refractivity contribution in [3.05, 3.63) is 59.9 Å². The van der Waals surface area contributed by atoms with Crippen molar-refractivity contribution >= 4 is 11.6 Å². The Bertz CT molecular complexity index is 856. The van der Waals surface area contributed by atoms with Crippen LogP contribution in [0.15, 0.2) is 53.1 Å². The topological polar surface area (TPSA) is 77.2 Å². The predicted molar refractivity (Wildman–Crippen MR) is 94.4 cm³/mol. The summed E-state index contributed by atoms with van der Waals surface area (Å²) in [6, 6.07) is 14.9. The number of benzene rings is 2. The third kappa shape index (κ3) is 4.44. The zero-order valence-electron chi connectivity index (χ0n) is 14.2. The Hall–Kier alpha value is -3.15. The summed E-state index contributed by atoms with van der Waals surface area (Å²) >= 11 is 0. The first kappa shape index (κ1) is 16.7. The van der Waals surface area contributed by atoms with Gasteiger partial charge in [0.1, 0.15) is 5.75 Å². The Morgan fingerprint density at radius 3 is 2.68 bits per heavy atom. The lowest BCUT2D eigenvalue weighted by molar-refractivity contribution is -0.118. The number of carbonyl (C=O) groups excluding carboxylic acids is 1. The van der Waals surface area contributed by atoms with Crippen LogP contribution in [0.2, 0.25) is 0 Å². The van der Waals surface area contributed by atoms with E-state index in [1.54, 1.807) is 19.1 Å². The van der Waals surface area contributed by atoms with Crippen molar-refractivity contribution in [1.29, 1.82) is 0 Å². The van der Waals surface area contributed by atoms with E-state index in [-0.39, 0.29) is 12.5 Å². The number of carbonyl (C=O) groups is 1. The van der Waals surface area contributed by atoms with E-state index < -0.39 is 0 Å². The fourth-order valence-electron chi connectivity index (χ4n) is 2.30. The lowest BCUT2D eigenvalue weighted by Crippen LogP contribution is -2.20. The van der Waals surface area contributed by atoms with Gasteiger partial charge in [-0.05, 0) is 49.2 Å². The van der Waals surface area contributed by atoms with Crippen LogP contribution in [0.3, 0.4) is 0 Å². The molecule has 0 radical (unpaired) electrons. The predicted octanol–water partition coefficient (Wildman–Crippen LogP) is 3.62. The highest BCUT2D eigenvalue weighted by molar-refractivity contribution is 5.91. The quantitative estimate of drug-likeness (QED) is 0.743. The average Bonchev–Trinajstić information content (AvgIpc) is 3.07. The molecule has 0 aliphatic heterocycles. The van der Waals surface area contributed by atoms with Crippen LogP contribution in [0.4, 0.5) is 5.69 Å². The maximum absolute atomic E-state index is 12.0. The molecule has 0 fully saturated rings. The molecule has 1 N–H and O–H groups in total. The number of nitrogens with one attached hydrogen (secondary N) is 1. The van der Waals surface area contributed by atoms with Gasteiger partial charge in [0.2, 0.25) is 0 Å². The van der Waals surface area contributed by atoms with E-state index in [1.807, 2.05) is 36.4 Å². The molecule has 6 nitrogen and oxygen atoms in total. The fourth-order valence-corrected chi connectivity index (χ4v) is 2.30. The van der Waals surface area contributed by atoms with Crippen molar-refractivity contribution in [2.75, 3.05) is 11.9 Å². The normalized spacial score (nSPS) is 10.5. The Balaban J connectivity index is 1.58. The van der Waals surface area contributed by atoms with Gasteiger partial charge in [0.15, 0.2) is 12.4 Å². The smallest absolute Gasteiger partial charge is 0.262 e. The fraction of sp³-hybridized carbons (Fsp3) is 0.211. The Labute approximate surface area is 145 Å². The lowest BCUT2D eigenvalue weighted by Gasteiger charge is -2.08. The van der Waals surface area contributed by atoms with E-state index in [0.717, 1.165) is 17.7 Å². The van der Waals surface area contributed by atoms with Crippen molar-refractivity contribution in [1.82, 2.24) is 10.1 Å². The summed E-state index contributed by atoms with van der Waals surface area (Å²) in [4.78, 5) is 16.2. The molecule has 25 heavy (non-hydrogen) atoms. The SMILES string of the molecule is CCc1ccc(NC(=O)COc2cccc(-c3nc(C)no3)c2)cc1. The first-order valence-corrected chi connectivity index (χ1v) is 8.06. The summed E-state index contributed by atoms with van der Waals surface area (Å²) in [5.41, 5.74) is 2.72. The van der Waals surface area contributed by atoms with Crippen LogP contribution in [0.1, 0.15) is 18.3 Å². The molecule has 3 rings (SSSR count). The Morgan fingerprint density at radius 2 is 2.00 bits per heavy atom. The molecule has 0 saturated heterocycles. The number of nitrogens with zero attached hydrogens (tertiary/aromatic N) is 2. The standard InChI is InChI=1S/C19H19N3O3/c1-3-14-7-9-16(10-8-14)21-18(23)12-24-17-6-4-5-15(11-17)19-20-13(2)22-25-19/h4-11H,3,12H2,1-2H3,(H,21,23). The number of aromatic nitrogens is 2. The molecular formula is C19H19N3O3. The van der Waals surface area contributed by atoms with Crippen molar-refractivity contribution in [2.24, 2.45) is 0 Å². The number of hydrogen-bond donors (Lipinski definition) is 1. The van der Waals surface area contributed by atoms with Gasteiger partial charge in [0.25, 0.3) is 11.8 Å². The molecule has 0 bridgehead atoms. The minimum absolute atomic E-state index is 0.0815. The van der Waals surface area contributed by atoms with Gasteiger partial charge in [0.05, 0.1) is 0 Å². The second kappa shape index (κ2) is 7.61. The van der Waals surface area contributed by atoms with Crippen LogP contribution in [0.5, 0.6) is 5.75 Å². The number of hydrogen-bond acceptors (Lipinski definition) is 5. The maximum Gasteiger partial charge on any atom is 0.262 e. The molecule has 1 amide bonds. The zero-order valence-corrected chi connectivity index (χ0v) is 14.2. The van der Waals surface area contributed by atoms with Gasteiger partial charge in [-0.3, -0.25) is 4.79 Å². The molecule has 128 valence electrons. The minimum atomic E-state index is -0.219. The third-order valence-corrected chi connectivity index (χ3v) is 3.62. The van der Waals surface area contributed by atoms with Crippen LogP contribution >= 0.6 is 0 Å². The highest BCUT2D eigenvalue weighted by atomic mass is 16.5. The number of rotatable bonds is 6. The highest BCUT2D eigenvalue weighted by Gasteiger charge is 2.09. The molecule has 6 heteroatoms. The van der Waals surface area contributed by atoms with Gasteiger partial charge >= 0.3 is 0 Å². The first-order chi connectivity index (χ1) is 12.1. The molecule has 0 aliphatic carbocycles. The number of amides is 1. The lowest BCUT2D eigenvalue weighted by atomic mass is 10.1. The Morgan fingerprint density at radius 1 is 1.20 bits per heavy atom. The van der Waals surface area contributed by atoms with Crippen LogP contribution in [0, 0.1) is 6.92 Å². The van der Waals surface area contributed by atoms with E-state index in [4.69, 9.17) is 9.26 Å². The summed E-state index contributed by atoms with van der Waals surface area (Å²) in [6.45, 7) is 3.76. The summed E-state index contributed by atoms with van der Waals surface area (Å²) in [7, 11) is 0. The second-order valence-corrected chi connectivity index (χ2v) is 5.56. The first-order valence-electron chi connectivity index (χ1n) is 8.06. The van der Waals surface area contributed by atoms with Gasteiger partial charge in [-0.2, -0.15) is 4.98 Å². The molecule has 0 aliphatic rings. The summed E-state index contributed by atoms with van der Waals surface area (Å²) < 4.78 is 10.7. The van der Waals surface area contributed by atoms with Gasteiger partial charge in [-0.15, -0.1) is 0 Å². The van der Waals surface area contributed by atoms with Crippen molar-refractivity contribution in [3.63, 3.8) is 0 Å². The van der Waals surface area contributed by atoms with Crippen molar-refractivity contribution in [3.8, 4) is 17.2 Å². The zero-order chi connectivity index (χ0) is 17.6. The van der Waals surface area contributed by atoms with E-state index in [2.05, 4.69) is 22.4 Å². The van der Waals surface area contributed by atoms with Crippen molar-refractivity contribution in [2.45, 2.75) is 20.3 Å². The van der Waals surface area contributed by atoms with Crippen LogP contribution in [-0.4, -0.2) is 22.7 Å². The van der Waals surface area contributed by atoms with Crippen LogP contribution in [-0.2, 0) is 11.2 Å². The van der Waals surface area contributed by atoms with Gasteiger partial charge in [-0.25, -0.2) is 0 Å². The highest BCUT2D eigenvalue weighted by Crippen LogP contribution is 2.22. The number of anilines is 1. The van der Waals surface area contributed by atoms with Gasteiger partial charge < -0.3 is 14.6 Å². The minimum Gasteiger partial charge on any atom is -0.484 e. The summed E-state index contributed by atoms with van der Waals surface area (Å²) in [5.74, 6) is 1.33. The summed E-state index contributed by atoms with van der Waals surface area (Å²) in [6.07, 6.45) is 0.966. The summed E-state index contributed by atoms with van der Waals surface area (Å²) in [5, 5.41) is 6.57. The van der Waals surface area contributed by atoms with Crippen molar-refractivity contribution < 1.29 is 14.1 Å². The number of aryl methyl sites for hydroxylation is 2. The largest absolute Gasteiger partial charge is 0.484 e. The molecule has 3 aromatic rings. The molecule has 1 heterocycles. The monoisotopic (exact) mass is 337 g/mol. The second-order valence-electron chi connectivity index (χ2n) is 5.56. The molecule has 0 spiro atoms. The van der Waals surface area contributed by atoms with E-state index in [9.17, 15) is 4.79 Å². The Kier molecular flexibility index (Phi) is 5.09. The number of ether oxygens (including phenoxy) is 1. The van der Waals surface area contributed by atoms with Gasteiger partial charge in [0, 0.05) is 11.3 Å².